The molecule has 0 atom stereocenters. The van der Waals surface area contributed by atoms with Gasteiger partial charge in [-0.1, -0.05) is 11.6 Å². The van der Waals surface area contributed by atoms with Gasteiger partial charge in [0.1, 0.15) is 18.2 Å². The van der Waals surface area contributed by atoms with Gasteiger partial charge in [0, 0.05) is 31.8 Å². The van der Waals surface area contributed by atoms with E-state index in [2.05, 4.69) is 5.32 Å². The second-order valence-electron chi connectivity index (χ2n) is 5.64. The minimum Gasteiger partial charge on any atom is -0.458 e. The first kappa shape index (κ1) is 20.8. The molecule has 0 spiro atoms. The number of halogens is 1. The molecule has 1 aromatic heterocycles. The molecule has 148 valence electrons. The molecule has 0 saturated carbocycles. The van der Waals surface area contributed by atoms with Crippen LogP contribution in [-0.2, 0) is 30.2 Å². The van der Waals surface area contributed by atoms with E-state index < -0.39 is 40.3 Å². The number of rotatable bonds is 6. The maximum atomic E-state index is 12.0. The lowest BCUT2D eigenvalue weighted by molar-refractivity contribution is -0.384. The molecule has 0 fully saturated rings. The number of carbonyl (C=O) groups excluding carboxylic acids is 2. The van der Waals surface area contributed by atoms with Crippen molar-refractivity contribution in [2.45, 2.75) is 6.61 Å². The van der Waals surface area contributed by atoms with Crippen molar-refractivity contribution >= 4 is 29.2 Å². The Morgan fingerprint density at radius 1 is 1.21 bits per heavy atom. The number of aromatic nitrogens is 2. The van der Waals surface area contributed by atoms with Crippen molar-refractivity contribution in [1.29, 1.82) is 0 Å². The zero-order valence-electron chi connectivity index (χ0n) is 14.8. The van der Waals surface area contributed by atoms with Crippen LogP contribution in [0.3, 0.4) is 0 Å². The highest BCUT2D eigenvalue weighted by atomic mass is 35.5. The molecule has 11 nitrogen and oxygen atoms in total. The molecule has 0 radical (unpaired) electrons. The average Bonchev–Trinajstić information content (AvgIpc) is 2.66. The molecule has 1 N–H and O–H groups in total. The molecule has 0 bridgehead atoms. The first-order valence-electron chi connectivity index (χ1n) is 7.75. The molecular weight excluding hydrogens is 396 g/mol. The van der Waals surface area contributed by atoms with E-state index in [9.17, 15) is 29.3 Å². The number of nitro groups is 1. The summed E-state index contributed by atoms with van der Waals surface area (Å²) in [6.45, 7) is -0.864. The molecule has 0 aliphatic heterocycles. The molecule has 0 aliphatic rings. The van der Waals surface area contributed by atoms with Crippen molar-refractivity contribution in [3.63, 3.8) is 0 Å². The van der Waals surface area contributed by atoms with Crippen LogP contribution in [0.1, 0.15) is 16.1 Å². The van der Waals surface area contributed by atoms with E-state index in [1.165, 1.54) is 26.2 Å². The van der Waals surface area contributed by atoms with Crippen LogP contribution in [-0.4, -0.2) is 32.5 Å². The summed E-state index contributed by atoms with van der Waals surface area (Å²) in [5, 5.41) is 13.0. The molecule has 12 heteroatoms. The van der Waals surface area contributed by atoms with Gasteiger partial charge in [0.25, 0.3) is 17.2 Å². The van der Waals surface area contributed by atoms with E-state index in [-0.39, 0.29) is 22.9 Å². The number of nitrogens with one attached hydrogen (secondary N) is 1. The van der Waals surface area contributed by atoms with Gasteiger partial charge in [-0.05, 0) is 12.1 Å². The van der Waals surface area contributed by atoms with Crippen LogP contribution in [0, 0.1) is 10.1 Å². The summed E-state index contributed by atoms with van der Waals surface area (Å²) >= 11 is 5.67. The van der Waals surface area contributed by atoms with Gasteiger partial charge in [-0.15, -0.1) is 0 Å². The first-order chi connectivity index (χ1) is 13.1. The number of ether oxygens (including phenoxy) is 1. The van der Waals surface area contributed by atoms with Crippen molar-refractivity contribution < 1.29 is 19.2 Å². The fourth-order valence-electron chi connectivity index (χ4n) is 2.17. The van der Waals surface area contributed by atoms with E-state index in [0.29, 0.717) is 0 Å². The number of nitro benzene ring substituents is 1. The van der Waals surface area contributed by atoms with Crippen LogP contribution in [0.4, 0.5) is 5.69 Å². The van der Waals surface area contributed by atoms with E-state index in [4.69, 9.17) is 16.3 Å². The second-order valence-corrected chi connectivity index (χ2v) is 6.05. The second kappa shape index (κ2) is 8.48. The number of hydrogen-bond donors (Lipinski definition) is 1. The Hall–Kier alpha value is -3.47. The minimum absolute atomic E-state index is 0.0575. The fraction of sp³-hybridized carbons (Fsp3) is 0.250. The van der Waals surface area contributed by atoms with Crippen molar-refractivity contribution in [3.8, 4) is 0 Å². The number of amides is 1. The molecular formula is C16H15ClN4O7. The Morgan fingerprint density at radius 2 is 1.89 bits per heavy atom. The highest BCUT2D eigenvalue weighted by molar-refractivity contribution is 6.32. The van der Waals surface area contributed by atoms with E-state index >= 15 is 0 Å². The number of esters is 1. The average molecular weight is 411 g/mol. The SMILES string of the molecule is Cn1c(COC(=O)CNC(=O)c2ccc(Cl)c([N+](=O)[O-])c2)cc(=O)n(C)c1=O. The van der Waals surface area contributed by atoms with E-state index in [1.807, 2.05) is 0 Å². The third-order valence-corrected chi connectivity index (χ3v) is 4.12. The molecule has 0 saturated heterocycles. The lowest BCUT2D eigenvalue weighted by Gasteiger charge is -2.10. The molecule has 1 heterocycles. The summed E-state index contributed by atoms with van der Waals surface area (Å²) in [5.74, 6) is -1.57. The van der Waals surface area contributed by atoms with Gasteiger partial charge < -0.3 is 10.1 Å². The zero-order valence-corrected chi connectivity index (χ0v) is 15.6. The number of benzene rings is 1. The normalized spacial score (nSPS) is 10.4. The van der Waals surface area contributed by atoms with Crippen molar-refractivity contribution in [2.24, 2.45) is 14.1 Å². The summed E-state index contributed by atoms with van der Waals surface area (Å²) in [5.41, 5.74) is -1.44. The van der Waals surface area contributed by atoms with Gasteiger partial charge >= 0.3 is 11.7 Å². The molecule has 0 unspecified atom stereocenters. The quantitative estimate of drug-likeness (QED) is 0.404. The maximum Gasteiger partial charge on any atom is 0.330 e. The number of nitrogens with zero attached hydrogens (tertiary/aromatic N) is 3. The molecule has 2 rings (SSSR count). The van der Waals surface area contributed by atoms with E-state index in [1.54, 1.807) is 0 Å². The summed E-state index contributed by atoms with van der Waals surface area (Å²) in [6.07, 6.45) is 0. The van der Waals surface area contributed by atoms with Gasteiger partial charge in [-0.3, -0.25) is 33.6 Å². The van der Waals surface area contributed by atoms with Crippen molar-refractivity contribution in [2.75, 3.05) is 6.54 Å². The number of carbonyl (C=O) groups is 2. The van der Waals surface area contributed by atoms with Crippen LogP contribution in [0.2, 0.25) is 5.02 Å². The van der Waals surface area contributed by atoms with Crippen molar-refractivity contribution in [1.82, 2.24) is 14.5 Å². The Morgan fingerprint density at radius 3 is 2.54 bits per heavy atom. The predicted octanol–water partition coefficient (Wildman–Crippen LogP) is 0.119. The van der Waals surface area contributed by atoms with Crippen LogP contribution in [0.25, 0.3) is 0 Å². The highest BCUT2D eigenvalue weighted by Gasteiger charge is 2.17. The topological polar surface area (TPSA) is 143 Å². The first-order valence-corrected chi connectivity index (χ1v) is 8.13. The molecule has 2 aromatic rings. The monoisotopic (exact) mass is 410 g/mol. The third kappa shape index (κ3) is 4.62. The standard InChI is InChI=1S/C16H15ClN4O7/c1-19-10(6-13(22)20(2)16(19)25)8-28-14(23)7-18-15(24)9-3-4-11(17)12(5-9)21(26)27/h3-6H,7-8H2,1-2H3,(H,18,24). The minimum atomic E-state index is -0.829. The van der Waals surface area contributed by atoms with Crippen molar-refractivity contribution in [3.05, 3.63) is 71.5 Å². The van der Waals surface area contributed by atoms with Gasteiger partial charge in [0.15, 0.2) is 0 Å². The van der Waals surface area contributed by atoms with Crippen LogP contribution < -0.4 is 16.6 Å². The number of hydrogen-bond acceptors (Lipinski definition) is 7. The highest BCUT2D eigenvalue weighted by Crippen LogP contribution is 2.24. The summed E-state index contributed by atoms with van der Waals surface area (Å²) in [7, 11) is 2.73. The lowest BCUT2D eigenvalue weighted by atomic mass is 10.2. The Balaban J connectivity index is 1.97. The summed E-state index contributed by atoms with van der Waals surface area (Å²) in [4.78, 5) is 57.3. The predicted molar refractivity (Wildman–Crippen MR) is 97.2 cm³/mol. The third-order valence-electron chi connectivity index (χ3n) is 3.80. The molecule has 1 amide bonds. The van der Waals surface area contributed by atoms with Crippen LogP contribution in [0.5, 0.6) is 0 Å². The Bertz CT molecular complexity index is 1070. The summed E-state index contributed by atoms with van der Waals surface area (Å²) in [6, 6.07) is 4.60. The van der Waals surface area contributed by atoms with Crippen LogP contribution in [0.15, 0.2) is 33.9 Å². The lowest BCUT2D eigenvalue weighted by Crippen LogP contribution is -2.38. The van der Waals surface area contributed by atoms with E-state index in [0.717, 1.165) is 21.3 Å². The van der Waals surface area contributed by atoms with Gasteiger partial charge in [0.2, 0.25) is 0 Å². The smallest absolute Gasteiger partial charge is 0.330 e. The molecule has 1 aromatic carbocycles. The Labute approximate surface area is 162 Å². The van der Waals surface area contributed by atoms with Gasteiger partial charge in [-0.2, -0.15) is 0 Å². The Kier molecular flexibility index (Phi) is 6.31. The van der Waals surface area contributed by atoms with Gasteiger partial charge in [-0.25, -0.2) is 4.79 Å². The summed E-state index contributed by atoms with van der Waals surface area (Å²) < 4.78 is 6.99. The molecule has 0 aliphatic carbocycles. The molecule has 28 heavy (non-hydrogen) atoms. The largest absolute Gasteiger partial charge is 0.458 e. The zero-order chi connectivity index (χ0) is 21.0. The maximum absolute atomic E-state index is 12.0. The van der Waals surface area contributed by atoms with Gasteiger partial charge in [0.05, 0.1) is 10.6 Å². The fourth-order valence-corrected chi connectivity index (χ4v) is 2.36. The van der Waals surface area contributed by atoms with Crippen LogP contribution >= 0.6 is 11.6 Å².